The molecule has 0 bridgehead atoms. The summed E-state index contributed by atoms with van der Waals surface area (Å²) in [6.45, 7) is 8.09. The monoisotopic (exact) mass is 290 g/mol. The minimum absolute atomic E-state index is 0.0162. The number of aliphatic carboxylic acids is 1. The Labute approximate surface area is 120 Å². The van der Waals surface area contributed by atoms with Gasteiger partial charge in [0.25, 0.3) is 0 Å². The molecule has 0 aromatic rings. The number of hydrogen-bond acceptors (Lipinski definition) is 3. The van der Waals surface area contributed by atoms with E-state index in [1.165, 1.54) is 0 Å². The molecule has 0 aromatic carbocycles. The van der Waals surface area contributed by atoms with E-state index in [1.54, 1.807) is 23.7 Å². The zero-order valence-electron chi connectivity index (χ0n) is 12.7. The van der Waals surface area contributed by atoms with Crippen molar-refractivity contribution in [3.8, 4) is 0 Å². The minimum atomic E-state index is -0.987. The summed E-state index contributed by atoms with van der Waals surface area (Å²) in [4.78, 5) is 24.7. The highest BCUT2D eigenvalue weighted by atomic mass is 32.2. The Bertz CT molecular complexity index is 316. The van der Waals surface area contributed by atoms with Gasteiger partial charge in [-0.05, 0) is 30.8 Å². The lowest BCUT2D eigenvalue weighted by Crippen LogP contribution is -2.52. The van der Waals surface area contributed by atoms with Gasteiger partial charge >= 0.3 is 12.0 Å². The van der Waals surface area contributed by atoms with Gasteiger partial charge in [0.05, 0.1) is 0 Å². The smallest absolute Gasteiger partial charge is 0.326 e. The van der Waals surface area contributed by atoms with Crippen LogP contribution < -0.4 is 5.32 Å². The molecule has 0 rings (SSSR count). The molecule has 2 amide bonds. The maximum absolute atomic E-state index is 12.1. The molecule has 2 N–H and O–H groups in total. The van der Waals surface area contributed by atoms with Crippen LogP contribution in [0.4, 0.5) is 4.79 Å². The van der Waals surface area contributed by atoms with Gasteiger partial charge in [-0.3, -0.25) is 0 Å². The second kappa shape index (κ2) is 7.62. The van der Waals surface area contributed by atoms with Gasteiger partial charge in [-0.2, -0.15) is 11.8 Å². The number of rotatable bonds is 6. The molecule has 6 heteroatoms. The van der Waals surface area contributed by atoms with Gasteiger partial charge in [0.2, 0.25) is 0 Å². The first kappa shape index (κ1) is 18.1. The largest absolute Gasteiger partial charge is 0.480 e. The van der Waals surface area contributed by atoms with Gasteiger partial charge in [0.15, 0.2) is 0 Å². The predicted molar refractivity (Wildman–Crippen MR) is 79.6 cm³/mol. The fourth-order valence-electron chi connectivity index (χ4n) is 1.50. The van der Waals surface area contributed by atoms with Crippen LogP contribution in [-0.2, 0) is 4.79 Å². The van der Waals surface area contributed by atoms with Crippen LogP contribution in [0.15, 0.2) is 0 Å². The topological polar surface area (TPSA) is 69.6 Å². The summed E-state index contributed by atoms with van der Waals surface area (Å²) in [7, 11) is 1.69. The maximum atomic E-state index is 12.1. The number of amides is 2. The van der Waals surface area contributed by atoms with Crippen LogP contribution in [0.2, 0.25) is 0 Å². The van der Waals surface area contributed by atoms with Crippen molar-refractivity contribution in [1.29, 1.82) is 0 Å². The number of hydrogen-bond donors (Lipinski definition) is 2. The third-order valence-electron chi connectivity index (χ3n) is 3.36. The molecule has 19 heavy (non-hydrogen) atoms. The molecule has 0 aliphatic rings. The molecular formula is C13H26N2O3S. The Morgan fingerprint density at radius 2 is 1.89 bits per heavy atom. The van der Waals surface area contributed by atoms with E-state index in [1.807, 2.05) is 34.0 Å². The molecule has 5 nitrogen and oxygen atoms in total. The highest BCUT2D eigenvalue weighted by Gasteiger charge is 2.29. The summed E-state index contributed by atoms with van der Waals surface area (Å²) in [5.74, 6) is -0.283. The predicted octanol–water partition coefficient (Wildman–Crippen LogP) is 2.27. The minimum Gasteiger partial charge on any atom is -0.480 e. The van der Waals surface area contributed by atoms with E-state index in [4.69, 9.17) is 5.11 Å². The lowest BCUT2D eigenvalue weighted by atomic mass is 9.87. The van der Waals surface area contributed by atoms with Crippen molar-refractivity contribution in [2.24, 2.45) is 5.41 Å². The number of nitrogens with one attached hydrogen (secondary N) is 1. The van der Waals surface area contributed by atoms with E-state index in [9.17, 15) is 9.59 Å². The molecule has 0 spiro atoms. The number of urea groups is 1. The van der Waals surface area contributed by atoms with Gasteiger partial charge in [-0.1, -0.05) is 20.8 Å². The average Bonchev–Trinajstić information content (AvgIpc) is 2.30. The molecule has 0 aromatic heterocycles. The van der Waals surface area contributed by atoms with Gasteiger partial charge < -0.3 is 15.3 Å². The first-order chi connectivity index (χ1) is 8.61. The van der Waals surface area contributed by atoms with Gasteiger partial charge in [-0.15, -0.1) is 0 Å². The Balaban J connectivity index is 4.59. The third kappa shape index (κ3) is 6.18. The highest BCUT2D eigenvalue weighted by molar-refractivity contribution is 7.98. The molecule has 0 aliphatic carbocycles. The van der Waals surface area contributed by atoms with Crippen LogP contribution in [0.3, 0.4) is 0 Å². The van der Waals surface area contributed by atoms with Crippen LogP contribution >= 0.6 is 11.8 Å². The van der Waals surface area contributed by atoms with Crippen molar-refractivity contribution in [3.63, 3.8) is 0 Å². The van der Waals surface area contributed by atoms with Crippen molar-refractivity contribution in [1.82, 2.24) is 10.2 Å². The molecule has 0 saturated heterocycles. The second-order valence-corrected chi connectivity index (χ2v) is 6.76. The van der Waals surface area contributed by atoms with Crippen molar-refractivity contribution in [3.05, 3.63) is 0 Å². The normalized spacial score (nSPS) is 14.6. The lowest BCUT2D eigenvalue weighted by molar-refractivity contribution is -0.139. The van der Waals surface area contributed by atoms with Gasteiger partial charge in [0, 0.05) is 13.1 Å². The van der Waals surface area contributed by atoms with Crippen LogP contribution in [0.5, 0.6) is 0 Å². The molecule has 1 unspecified atom stereocenters. The van der Waals surface area contributed by atoms with Gasteiger partial charge in [0.1, 0.15) is 6.04 Å². The number of carbonyl (C=O) groups excluding carboxylic acids is 1. The van der Waals surface area contributed by atoms with Crippen molar-refractivity contribution >= 4 is 23.8 Å². The molecule has 0 radical (unpaired) electrons. The van der Waals surface area contributed by atoms with Crippen LogP contribution in [0, 0.1) is 5.41 Å². The van der Waals surface area contributed by atoms with Crippen molar-refractivity contribution < 1.29 is 14.7 Å². The molecule has 0 heterocycles. The Morgan fingerprint density at radius 1 is 1.37 bits per heavy atom. The number of carbonyl (C=O) groups is 2. The lowest BCUT2D eigenvalue weighted by Gasteiger charge is -2.35. The second-order valence-electron chi connectivity index (χ2n) is 5.77. The number of nitrogens with zero attached hydrogens (tertiary/aromatic N) is 1. The Morgan fingerprint density at radius 3 is 2.26 bits per heavy atom. The first-order valence-corrected chi connectivity index (χ1v) is 7.75. The number of thioether (sulfide) groups is 1. The fourth-order valence-corrected chi connectivity index (χ4v) is 1.97. The molecule has 2 atom stereocenters. The zero-order valence-corrected chi connectivity index (χ0v) is 13.5. The van der Waals surface area contributed by atoms with Crippen molar-refractivity contribution in [2.75, 3.05) is 19.1 Å². The summed E-state index contributed by atoms with van der Waals surface area (Å²) in [5.41, 5.74) is -0.0515. The third-order valence-corrected chi connectivity index (χ3v) is 4.01. The van der Waals surface area contributed by atoms with Crippen LogP contribution in [-0.4, -0.2) is 53.1 Å². The molecule has 112 valence electrons. The summed E-state index contributed by atoms with van der Waals surface area (Å²) in [5, 5.41) is 11.7. The first-order valence-electron chi connectivity index (χ1n) is 6.36. The van der Waals surface area contributed by atoms with Crippen molar-refractivity contribution in [2.45, 2.75) is 46.2 Å². The number of carboxylic acid groups (broad SMARTS) is 1. The summed E-state index contributed by atoms with van der Waals surface area (Å²) in [6.07, 6.45) is 2.34. The van der Waals surface area contributed by atoms with E-state index in [2.05, 4.69) is 5.32 Å². The molecular weight excluding hydrogens is 264 g/mol. The SMILES string of the molecule is CSCC[C@H](NC(=O)N(C)C(C)C(C)(C)C)C(=O)O. The fraction of sp³-hybridized carbons (Fsp3) is 0.846. The van der Waals surface area contributed by atoms with E-state index < -0.39 is 12.0 Å². The number of carboxylic acids is 1. The summed E-state index contributed by atoms with van der Waals surface area (Å²) in [6, 6.07) is -1.15. The van der Waals surface area contributed by atoms with Gasteiger partial charge in [-0.25, -0.2) is 9.59 Å². The molecule has 0 fully saturated rings. The summed E-state index contributed by atoms with van der Waals surface area (Å²) >= 11 is 1.57. The van der Waals surface area contributed by atoms with Crippen LogP contribution in [0.1, 0.15) is 34.1 Å². The van der Waals surface area contributed by atoms with E-state index in [0.29, 0.717) is 12.2 Å². The average molecular weight is 290 g/mol. The quantitative estimate of drug-likeness (QED) is 0.787. The Kier molecular flexibility index (Phi) is 7.26. The van der Waals surface area contributed by atoms with E-state index >= 15 is 0 Å². The maximum Gasteiger partial charge on any atom is 0.326 e. The molecule has 0 saturated carbocycles. The summed E-state index contributed by atoms with van der Waals surface area (Å²) < 4.78 is 0. The zero-order chi connectivity index (χ0) is 15.2. The molecule has 0 aliphatic heterocycles. The van der Waals surface area contributed by atoms with E-state index in [-0.39, 0.29) is 17.5 Å². The van der Waals surface area contributed by atoms with Crippen LogP contribution in [0.25, 0.3) is 0 Å². The standard InChI is InChI=1S/C13H26N2O3S/c1-9(13(2,3)4)15(5)12(18)14-10(11(16)17)7-8-19-6/h9-10H,7-8H2,1-6H3,(H,14,18)(H,16,17)/t9?,10-/m0/s1. The Hall–Kier alpha value is -0.910. The highest BCUT2D eigenvalue weighted by Crippen LogP contribution is 2.23. The van der Waals surface area contributed by atoms with E-state index in [0.717, 1.165) is 0 Å².